The molecule has 1 heterocycles. The van der Waals surface area contributed by atoms with E-state index in [1.165, 1.54) is 6.42 Å². The van der Waals surface area contributed by atoms with Crippen LogP contribution in [0.25, 0.3) is 0 Å². The minimum absolute atomic E-state index is 0. The molecular weight excluding hydrogens is 272 g/mol. The van der Waals surface area contributed by atoms with Gasteiger partial charge in [0.05, 0.1) is 11.7 Å². The van der Waals surface area contributed by atoms with E-state index in [-0.39, 0.29) is 37.2 Å². The first-order chi connectivity index (χ1) is 8.75. The van der Waals surface area contributed by atoms with Crippen molar-refractivity contribution < 1.29 is 9.31 Å². The molecule has 4 fully saturated rings. The lowest BCUT2D eigenvalue weighted by Gasteiger charge is -2.64. The Morgan fingerprint density at radius 3 is 2.45 bits per heavy atom. The molecule has 0 amide bonds. The number of nitrogens with two attached hydrogens (primary N) is 1. The zero-order chi connectivity index (χ0) is 14.0. The van der Waals surface area contributed by atoms with Gasteiger partial charge in [0, 0.05) is 5.94 Å². The average Bonchev–Trinajstić information content (AvgIpc) is 2.64. The van der Waals surface area contributed by atoms with Gasteiger partial charge in [0.1, 0.15) is 0 Å². The van der Waals surface area contributed by atoms with Gasteiger partial charge in [-0.15, -0.1) is 12.4 Å². The molecular formula is C15H29BClNO2. The fourth-order valence-electron chi connectivity index (χ4n) is 4.74. The average molecular weight is 302 g/mol. The third-order valence-corrected chi connectivity index (χ3v) is 6.06. The van der Waals surface area contributed by atoms with Crippen molar-refractivity contribution in [3.05, 3.63) is 0 Å². The third kappa shape index (κ3) is 2.23. The van der Waals surface area contributed by atoms with E-state index in [1.807, 2.05) is 0 Å². The van der Waals surface area contributed by atoms with Crippen LogP contribution in [0.5, 0.6) is 0 Å². The van der Waals surface area contributed by atoms with Crippen LogP contribution in [0.3, 0.4) is 0 Å². The molecule has 0 aromatic carbocycles. The second-order valence-corrected chi connectivity index (χ2v) is 8.13. The molecule has 2 bridgehead atoms. The molecule has 3 saturated carbocycles. The predicted octanol–water partition coefficient (Wildman–Crippen LogP) is 3.05. The molecule has 0 aromatic heterocycles. The lowest BCUT2D eigenvalue weighted by molar-refractivity contribution is -0.199. The summed E-state index contributed by atoms with van der Waals surface area (Å²) in [6.45, 7) is 11.4. The Morgan fingerprint density at radius 1 is 1.25 bits per heavy atom. The molecule has 0 radical (unpaired) electrons. The molecule has 2 N–H and O–H groups in total. The van der Waals surface area contributed by atoms with E-state index in [0.29, 0.717) is 17.3 Å². The van der Waals surface area contributed by atoms with Crippen molar-refractivity contribution in [3.63, 3.8) is 0 Å². The van der Waals surface area contributed by atoms with E-state index >= 15 is 0 Å². The second-order valence-electron chi connectivity index (χ2n) is 8.13. The molecule has 5 atom stereocenters. The van der Waals surface area contributed by atoms with Crippen LogP contribution in [-0.2, 0) is 9.31 Å². The van der Waals surface area contributed by atoms with Gasteiger partial charge in [-0.2, -0.15) is 0 Å². The summed E-state index contributed by atoms with van der Waals surface area (Å²) in [4.78, 5) is 0. The highest BCUT2D eigenvalue weighted by Gasteiger charge is 2.68. The number of rotatable bonds is 3. The summed E-state index contributed by atoms with van der Waals surface area (Å²) < 4.78 is 12.5. The zero-order valence-electron chi connectivity index (χ0n) is 13.4. The lowest BCUT2D eigenvalue weighted by Crippen LogP contribution is -2.65. The first-order valence-electron chi connectivity index (χ1n) is 7.84. The van der Waals surface area contributed by atoms with Gasteiger partial charge in [-0.05, 0) is 49.4 Å². The first kappa shape index (κ1) is 16.6. The molecule has 0 unspecified atom stereocenters. The van der Waals surface area contributed by atoms with Gasteiger partial charge in [0.25, 0.3) is 0 Å². The smallest absolute Gasteiger partial charge is 0.404 e. The van der Waals surface area contributed by atoms with Crippen molar-refractivity contribution in [1.29, 1.82) is 0 Å². The van der Waals surface area contributed by atoms with E-state index in [9.17, 15) is 0 Å². The quantitative estimate of drug-likeness (QED) is 0.815. The molecule has 20 heavy (non-hydrogen) atoms. The van der Waals surface area contributed by atoms with E-state index in [0.717, 1.165) is 18.8 Å². The highest BCUT2D eigenvalue weighted by atomic mass is 35.5. The van der Waals surface area contributed by atoms with Gasteiger partial charge in [-0.3, -0.25) is 0 Å². The van der Waals surface area contributed by atoms with Crippen LogP contribution < -0.4 is 5.73 Å². The van der Waals surface area contributed by atoms with Crippen molar-refractivity contribution in [1.82, 2.24) is 0 Å². The summed E-state index contributed by atoms with van der Waals surface area (Å²) in [5.74, 6) is 2.02. The molecule has 5 heteroatoms. The molecule has 0 spiro atoms. The Kier molecular flexibility index (Phi) is 4.28. The molecule has 1 saturated heterocycles. The summed E-state index contributed by atoms with van der Waals surface area (Å²) in [6.07, 6.45) is 3.67. The Hall–Kier alpha value is 0.235. The highest BCUT2D eigenvalue weighted by molar-refractivity contribution is 6.47. The molecule has 0 aromatic rings. The lowest BCUT2D eigenvalue weighted by atomic mass is 9.43. The Balaban J connectivity index is 0.00000147. The van der Waals surface area contributed by atoms with Crippen molar-refractivity contribution >= 4 is 19.5 Å². The van der Waals surface area contributed by atoms with Crippen molar-refractivity contribution in [2.45, 2.75) is 71.5 Å². The molecule has 116 valence electrons. The summed E-state index contributed by atoms with van der Waals surface area (Å²) in [5, 5.41) is 0. The fourth-order valence-corrected chi connectivity index (χ4v) is 4.74. The van der Waals surface area contributed by atoms with Crippen LogP contribution in [0.1, 0.15) is 53.9 Å². The predicted molar refractivity (Wildman–Crippen MR) is 84.8 cm³/mol. The molecule has 3 nitrogen and oxygen atoms in total. The minimum Gasteiger partial charge on any atom is -0.404 e. The van der Waals surface area contributed by atoms with Gasteiger partial charge in [-0.25, -0.2) is 0 Å². The summed E-state index contributed by atoms with van der Waals surface area (Å²) >= 11 is 0. The molecule has 4 aliphatic rings. The maximum atomic E-state index is 6.35. The summed E-state index contributed by atoms with van der Waals surface area (Å²) in [5.41, 5.74) is 6.56. The normalized spacial score (nSPS) is 42.8. The summed E-state index contributed by atoms with van der Waals surface area (Å²) in [7, 11) is -0.201. The van der Waals surface area contributed by atoms with E-state index in [2.05, 4.69) is 34.6 Å². The van der Waals surface area contributed by atoms with Crippen LogP contribution in [0.4, 0.5) is 0 Å². The van der Waals surface area contributed by atoms with Gasteiger partial charge >= 0.3 is 7.12 Å². The number of hydrogen-bond acceptors (Lipinski definition) is 3. The van der Waals surface area contributed by atoms with Gasteiger partial charge < -0.3 is 15.0 Å². The van der Waals surface area contributed by atoms with Crippen LogP contribution >= 0.6 is 12.4 Å². The van der Waals surface area contributed by atoms with Crippen molar-refractivity contribution in [2.24, 2.45) is 28.9 Å². The maximum Gasteiger partial charge on any atom is 0.475 e. The van der Waals surface area contributed by atoms with E-state index in [1.54, 1.807) is 0 Å². The molecule has 4 rings (SSSR count). The zero-order valence-corrected chi connectivity index (χ0v) is 14.2. The van der Waals surface area contributed by atoms with Gasteiger partial charge in [0.15, 0.2) is 0 Å². The first-order valence-corrected chi connectivity index (χ1v) is 7.84. The van der Waals surface area contributed by atoms with Gasteiger partial charge in [-0.1, -0.05) is 27.7 Å². The van der Waals surface area contributed by atoms with Crippen LogP contribution in [0.2, 0.25) is 0 Å². The van der Waals surface area contributed by atoms with Crippen LogP contribution in [0, 0.1) is 23.2 Å². The van der Waals surface area contributed by atoms with E-state index in [4.69, 9.17) is 15.0 Å². The minimum atomic E-state index is -0.201. The Bertz CT molecular complexity index is 379. The largest absolute Gasteiger partial charge is 0.475 e. The monoisotopic (exact) mass is 301 g/mol. The maximum absolute atomic E-state index is 6.35. The molecule has 3 aliphatic carbocycles. The topological polar surface area (TPSA) is 44.5 Å². The number of halogens is 1. The summed E-state index contributed by atoms with van der Waals surface area (Å²) in [6, 6.07) is 0. The standard InChI is InChI=1S/C15H28BNO2.ClH/c1-9(2)6-13(17)16-18-12-8-10-7-11(14(10,3)4)15(12,5)19-16;/h9-13H,6-8,17H2,1-5H3;1H/t10-,11-,12+,13-,15-;/m1./s1. The Morgan fingerprint density at radius 2 is 1.90 bits per heavy atom. The van der Waals surface area contributed by atoms with Crippen LogP contribution in [0.15, 0.2) is 0 Å². The Labute approximate surface area is 129 Å². The highest BCUT2D eigenvalue weighted by Crippen LogP contribution is 2.65. The van der Waals surface area contributed by atoms with E-state index < -0.39 is 0 Å². The van der Waals surface area contributed by atoms with Crippen molar-refractivity contribution in [2.75, 3.05) is 0 Å². The van der Waals surface area contributed by atoms with Crippen LogP contribution in [-0.4, -0.2) is 24.8 Å². The third-order valence-electron chi connectivity index (χ3n) is 6.06. The fraction of sp³-hybridized carbons (Fsp3) is 1.00. The van der Waals surface area contributed by atoms with Gasteiger partial charge in [0.2, 0.25) is 0 Å². The number of hydrogen-bond donors (Lipinski definition) is 1. The van der Waals surface area contributed by atoms with Crippen molar-refractivity contribution in [3.8, 4) is 0 Å². The SMILES string of the molecule is CC(C)C[C@@H](N)B1O[C@H]2C[C@H]3C[C@H](C3(C)C)[C@@]2(C)O1.Cl. The second kappa shape index (κ2) is 5.15. The molecule has 1 aliphatic heterocycles.